The monoisotopic (exact) mass is 417 g/mol. The third-order valence-electron chi connectivity index (χ3n) is 4.75. The Hall–Kier alpha value is -3.94. The van der Waals surface area contributed by atoms with Gasteiger partial charge in [0.25, 0.3) is 11.5 Å². The summed E-state index contributed by atoms with van der Waals surface area (Å²) in [5, 5.41) is 7.11. The number of carbonyl (C=O) groups excluding carboxylic acids is 1. The molecule has 0 atom stereocenters. The average Bonchev–Trinajstić information content (AvgIpc) is 3.15. The van der Waals surface area contributed by atoms with Crippen LogP contribution in [-0.4, -0.2) is 25.5 Å². The number of hydrogen-bond donors (Lipinski definition) is 2. The minimum Gasteiger partial charge on any atom is -0.486 e. The van der Waals surface area contributed by atoms with Gasteiger partial charge in [-0.3, -0.25) is 14.6 Å². The third kappa shape index (κ3) is 4.63. The standard InChI is InChI=1S/C23H23N5O3/c1-23(2,3)16-11-9-15(10-12-16)21(30)25-19-13-20(29)26-22-24-18(27-28(19)22)14-31-17-7-5-4-6-8-17/h4-13H,14H2,1-3H3,(H,25,30)(H,24,26,27,29). The molecule has 2 aromatic carbocycles. The molecule has 4 rings (SSSR count). The van der Waals surface area contributed by atoms with Gasteiger partial charge in [-0.2, -0.15) is 9.50 Å². The van der Waals surface area contributed by atoms with Crippen LogP contribution in [0.25, 0.3) is 5.78 Å². The molecular formula is C23H23N5O3. The van der Waals surface area contributed by atoms with Gasteiger partial charge >= 0.3 is 0 Å². The lowest BCUT2D eigenvalue weighted by atomic mass is 9.87. The summed E-state index contributed by atoms with van der Waals surface area (Å²) in [6, 6.07) is 17.9. The molecule has 0 spiro atoms. The highest BCUT2D eigenvalue weighted by molar-refractivity contribution is 6.03. The summed E-state index contributed by atoms with van der Waals surface area (Å²) in [6.45, 7) is 6.45. The SMILES string of the molecule is CC(C)(C)c1ccc(C(=O)Nc2cc(=O)[nH]c3nc(COc4ccccc4)nn23)cc1. The van der Waals surface area contributed by atoms with Gasteiger partial charge in [0, 0.05) is 11.6 Å². The first-order valence-electron chi connectivity index (χ1n) is 9.88. The van der Waals surface area contributed by atoms with Gasteiger partial charge in [0.1, 0.15) is 18.2 Å². The fourth-order valence-electron chi connectivity index (χ4n) is 3.06. The van der Waals surface area contributed by atoms with Crippen molar-refractivity contribution in [2.75, 3.05) is 5.32 Å². The van der Waals surface area contributed by atoms with E-state index in [-0.39, 0.29) is 29.5 Å². The number of hydrogen-bond acceptors (Lipinski definition) is 5. The van der Waals surface area contributed by atoms with Gasteiger partial charge in [0.15, 0.2) is 5.82 Å². The van der Waals surface area contributed by atoms with Crippen LogP contribution >= 0.6 is 0 Å². The zero-order valence-electron chi connectivity index (χ0n) is 17.5. The van der Waals surface area contributed by atoms with Crippen molar-refractivity contribution < 1.29 is 9.53 Å². The Morgan fingerprint density at radius 3 is 2.48 bits per heavy atom. The summed E-state index contributed by atoms with van der Waals surface area (Å²) in [5.41, 5.74) is 1.21. The first kappa shape index (κ1) is 20.3. The first-order chi connectivity index (χ1) is 14.8. The molecule has 0 aliphatic rings. The van der Waals surface area contributed by atoms with Crippen LogP contribution in [0.4, 0.5) is 5.82 Å². The number of fused-ring (bicyclic) bond motifs is 1. The summed E-state index contributed by atoms with van der Waals surface area (Å²) < 4.78 is 7.04. The Morgan fingerprint density at radius 2 is 1.81 bits per heavy atom. The van der Waals surface area contributed by atoms with Crippen molar-refractivity contribution in [2.24, 2.45) is 0 Å². The van der Waals surface area contributed by atoms with E-state index in [1.54, 1.807) is 12.1 Å². The van der Waals surface area contributed by atoms with Crippen molar-refractivity contribution in [3.05, 3.63) is 88.0 Å². The molecule has 2 aromatic heterocycles. The predicted molar refractivity (Wildman–Crippen MR) is 117 cm³/mol. The van der Waals surface area contributed by atoms with E-state index in [9.17, 15) is 9.59 Å². The molecule has 4 aromatic rings. The highest BCUT2D eigenvalue weighted by Crippen LogP contribution is 2.22. The fraction of sp³-hybridized carbons (Fsp3) is 0.217. The van der Waals surface area contributed by atoms with Gasteiger partial charge in [-0.1, -0.05) is 51.1 Å². The summed E-state index contributed by atoms with van der Waals surface area (Å²) >= 11 is 0. The second kappa shape index (κ2) is 8.06. The van der Waals surface area contributed by atoms with Crippen LogP contribution in [0.15, 0.2) is 65.5 Å². The average molecular weight is 417 g/mol. The quantitative estimate of drug-likeness (QED) is 0.517. The van der Waals surface area contributed by atoms with E-state index in [0.29, 0.717) is 17.1 Å². The minimum absolute atomic E-state index is 0.00710. The number of rotatable bonds is 5. The molecule has 0 fully saturated rings. The molecule has 8 nitrogen and oxygen atoms in total. The van der Waals surface area contributed by atoms with Crippen molar-refractivity contribution in [3.8, 4) is 5.75 Å². The number of ether oxygens (including phenoxy) is 1. The Balaban J connectivity index is 1.56. The lowest BCUT2D eigenvalue weighted by Gasteiger charge is -2.19. The molecule has 0 bridgehead atoms. The Morgan fingerprint density at radius 1 is 1.10 bits per heavy atom. The zero-order valence-corrected chi connectivity index (χ0v) is 17.5. The molecule has 31 heavy (non-hydrogen) atoms. The maximum Gasteiger partial charge on any atom is 0.256 e. The van der Waals surface area contributed by atoms with Crippen molar-refractivity contribution in [3.63, 3.8) is 0 Å². The molecule has 2 N–H and O–H groups in total. The van der Waals surface area contributed by atoms with Gasteiger partial charge in [0.2, 0.25) is 5.78 Å². The lowest BCUT2D eigenvalue weighted by molar-refractivity contribution is 0.102. The molecule has 0 unspecified atom stereocenters. The van der Waals surface area contributed by atoms with Crippen LogP contribution < -0.4 is 15.6 Å². The second-order valence-electron chi connectivity index (χ2n) is 8.17. The molecule has 1 amide bonds. The number of anilines is 1. The van der Waals surface area contributed by atoms with Gasteiger partial charge in [-0.25, -0.2) is 0 Å². The van der Waals surface area contributed by atoms with E-state index in [2.05, 4.69) is 41.2 Å². The minimum atomic E-state index is -0.395. The molecule has 158 valence electrons. The zero-order chi connectivity index (χ0) is 22.0. The number of carbonyl (C=O) groups is 1. The van der Waals surface area contributed by atoms with Crippen molar-refractivity contribution in [1.82, 2.24) is 19.6 Å². The Labute approximate surface area is 178 Å². The van der Waals surface area contributed by atoms with Gasteiger partial charge in [0.05, 0.1) is 0 Å². The van der Waals surface area contributed by atoms with Gasteiger partial charge < -0.3 is 10.1 Å². The number of para-hydroxylation sites is 1. The largest absolute Gasteiger partial charge is 0.486 e. The summed E-state index contributed by atoms with van der Waals surface area (Å²) in [7, 11) is 0. The Kier molecular flexibility index (Phi) is 5.29. The van der Waals surface area contributed by atoms with Crippen molar-refractivity contribution >= 4 is 17.5 Å². The lowest BCUT2D eigenvalue weighted by Crippen LogP contribution is -2.19. The van der Waals surface area contributed by atoms with Gasteiger partial charge in [-0.15, -0.1) is 5.10 Å². The van der Waals surface area contributed by atoms with E-state index < -0.39 is 5.56 Å². The normalized spacial score (nSPS) is 11.5. The van der Waals surface area contributed by atoms with Crippen LogP contribution in [0, 0.1) is 0 Å². The van der Waals surface area contributed by atoms with E-state index >= 15 is 0 Å². The number of aromatic nitrogens is 4. The highest BCUT2D eigenvalue weighted by Gasteiger charge is 2.16. The van der Waals surface area contributed by atoms with Crippen LogP contribution in [0.1, 0.15) is 42.5 Å². The van der Waals surface area contributed by atoms with E-state index in [1.807, 2.05) is 42.5 Å². The number of aromatic amines is 1. The molecule has 0 saturated carbocycles. The van der Waals surface area contributed by atoms with Crippen LogP contribution in [0.5, 0.6) is 5.75 Å². The highest BCUT2D eigenvalue weighted by atomic mass is 16.5. The van der Waals surface area contributed by atoms with E-state index in [0.717, 1.165) is 5.56 Å². The fourth-order valence-corrected chi connectivity index (χ4v) is 3.06. The summed E-state index contributed by atoms with van der Waals surface area (Å²) in [6.07, 6.45) is 0. The van der Waals surface area contributed by atoms with Crippen LogP contribution in [-0.2, 0) is 12.0 Å². The van der Waals surface area contributed by atoms with Crippen LogP contribution in [0.3, 0.4) is 0 Å². The molecule has 2 heterocycles. The number of nitrogens with one attached hydrogen (secondary N) is 2. The number of amides is 1. The van der Waals surface area contributed by atoms with Gasteiger partial charge in [-0.05, 0) is 35.2 Å². The molecule has 0 aliphatic carbocycles. The maximum absolute atomic E-state index is 12.7. The molecule has 8 heteroatoms. The smallest absolute Gasteiger partial charge is 0.256 e. The summed E-state index contributed by atoms with van der Waals surface area (Å²) in [5.74, 6) is 1.16. The summed E-state index contributed by atoms with van der Waals surface area (Å²) in [4.78, 5) is 31.7. The van der Waals surface area contributed by atoms with Crippen molar-refractivity contribution in [1.29, 1.82) is 0 Å². The number of benzene rings is 2. The maximum atomic E-state index is 12.7. The predicted octanol–water partition coefficient (Wildman–Crippen LogP) is 3.55. The van der Waals surface area contributed by atoms with E-state index in [1.165, 1.54) is 10.6 Å². The second-order valence-corrected chi connectivity index (χ2v) is 8.17. The van der Waals surface area contributed by atoms with Crippen molar-refractivity contribution in [2.45, 2.75) is 32.8 Å². The topological polar surface area (TPSA) is 101 Å². The molecule has 0 aliphatic heterocycles. The Bertz CT molecular complexity index is 1270. The van der Waals surface area contributed by atoms with Crippen LogP contribution in [0.2, 0.25) is 0 Å². The number of nitrogens with zero attached hydrogens (tertiary/aromatic N) is 3. The van der Waals surface area contributed by atoms with E-state index in [4.69, 9.17) is 4.74 Å². The molecule has 0 radical (unpaired) electrons. The number of H-pyrrole nitrogens is 1. The molecule has 0 saturated heterocycles. The molecular weight excluding hydrogens is 394 g/mol. The third-order valence-corrected chi connectivity index (χ3v) is 4.75. The first-order valence-corrected chi connectivity index (χ1v) is 9.88.